The van der Waals surface area contributed by atoms with Crippen molar-refractivity contribution in [2.45, 2.75) is 12.3 Å². The van der Waals surface area contributed by atoms with Crippen LogP contribution in [0.1, 0.15) is 16.5 Å². The SMILES string of the molecule is Cc1cc(OCC(=O)NCCN2CCOCC2)ccc1N1C(=O)CSC1c1ccc(F)cc1. The van der Waals surface area contributed by atoms with Gasteiger partial charge in [-0.2, -0.15) is 0 Å². The normalized spacial score (nSPS) is 19.0. The fraction of sp³-hybridized carbons (Fsp3) is 0.417. The Morgan fingerprint density at radius 2 is 1.97 bits per heavy atom. The van der Waals surface area contributed by atoms with Crippen LogP contribution in [0.4, 0.5) is 10.1 Å². The van der Waals surface area contributed by atoms with Crippen LogP contribution in [-0.2, 0) is 14.3 Å². The summed E-state index contributed by atoms with van der Waals surface area (Å²) in [6.45, 7) is 6.44. The van der Waals surface area contributed by atoms with Gasteiger partial charge < -0.3 is 14.8 Å². The minimum atomic E-state index is -0.303. The number of morpholine rings is 1. The minimum absolute atomic E-state index is 0.00531. The molecule has 9 heteroatoms. The third kappa shape index (κ3) is 6.04. The number of amides is 2. The van der Waals surface area contributed by atoms with Crippen molar-refractivity contribution in [2.75, 3.05) is 56.7 Å². The molecule has 2 aliphatic rings. The van der Waals surface area contributed by atoms with Crippen molar-refractivity contribution >= 4 is 29.3 Å². The quantitative estimate of drug-likeness (QED) is 0.636. The zero-order chi connectivity index (χ0) is 23.2. The molecular formula is C24H28FN3O4S. The van der Waals surface area contributed by atoms with Crippen molar-refractivity contribution < 1.29 is 23.5 Å². The lowest BCUT2D eigenvalue weighted by atomic mass is 10.1. The molecule has 2 aliphatic heterocycles. The van der Waals surface area contributed by atoms with Gasteiger partial charge in [0.1, 0.15) is 16.9 Å². The van der Waals surface area contributed by atoms with Gasteiger partial charge in [0, 0.05) is 31.9 Å². The Hall–Kier alpha value is -2.62. The van der Waals surface area contributed by atoms with Crippen LogP contribution in [0.5, 0.6) is 5.75 Å². The van der Waals surface area contributed by atoms with Gasteiger partial charge >= 0.3 is 0 Å². The van der Waals surface area contributed by atoms with Crippen molar-refractivity contribution in [3.8, 4) is 5.75 Å². The van der Waals surface area contributed by atoms with Crippen LogP contribution in [0, 0.1) is 12.7 Å². The van der Waals surface area contributed by atoms with E-state index in [-0.39, 0.29) is 29.6 Å². The van der Waals surface area contributed by atoms with Gasteiger partial charge in [0.05, 0.1) is 19.0 Å². The summed E-state index contributed by atoms with van der Waals surface area (Å²) in [7, 11) is 0. The number of halogens is 1. The number of thioether (sulfide) groups is 1. The molecule has 0 aromatic heterocycles. The Morgan fingerprint density at radius 3 is 2.70 bits per heavy atom. The summed E-state index contributed by atoms with van der Waals surface area (Å²) < 4.78 is 24.3. The van der Waals surface area contributed by atoms with Crippen LogP contribution in [0.2, 0.25) is 0 Å². The van der Waals surface area contributed by atoms with E-state index in [2.05, 4.69) is 10.2 Å². The number of carbonyl (C=O) groups excluding carboxylic acids is 2. The molecule has 0 aliphatic carbocycles. The maximum absolute atomic E-state index is 13.3. The molecular weight excluding hydrogens is 445 g/mol. The first-order valence-corrected chi connectivity index (χ1v) is 12.1. The van der Waals surface area contributed by atoms with E-state index in [4.69, 9.17) is 9.47 Å². The lowest BCUT2D eigenvalue weighted by Crippen LogP contribution is -2.42. The molecule has 0 saturated carbocycles. The second-order valence-electron chi connectivity index (χ2n) is 8.02. The fourth-order valence-electron chi connectivity index (χ4n) is 3.92. The maximum Gasteiger partial charge on any atom is 0.257 e. The number of nitrogens with zero attached hydrogens (tertiary/aromatic N) is 2. The maximum atomic E-state index is 13.3. The van der Waals surface area contributed by atoms with E-state index in [0.29, 0.717) is 18.0 Å². The number of hydrogen-bond acceptors (Lipinski definition) is 6. The smallest absolute Gasteiger partial charge is 0.257 e. The van der Waals surface area contributed by atoms with Gasteiger partial charge in [0.25, 0.3) is 5.91 Å². The van der Waals surface area contributed by atoms with Crippen LogP contribution < -0.4 is 15.0 Å². The predicted octanol–water partition coefficient (Wildman–Crippen LogP) is 2.74. The summed E-state index contributed by atoms with van der Waals surface area (Å²) >= 11 is 1.52. The molecule has 0 bridgehead atoms. The van der Waals surface area contributed by atoms with E-state index in [1.165, 1.54) is 23.9 Å². The number of aryl methyl sites for hydroxylation is 1. The molecule has 2 saturated heterocycles. The second-order valence-corrected chi connectivity index (χ2v) is 9.09. The van der Waals surface area contributed by atoms with Gasteiger partial charge in [0.2, 0.25) is 5.91 Å². The molecule has 0 radical (unpaired) electrons. The van der Waals surface area contributed by atoms with Crippen LogP contribution in [0.25, 0.3) is 0 Å². The van der Waals surface area contributed by atoms with Gasteiger partial charge in [-0.05, 0) is 48.4 Å². The lowest BCUT2D eigenvalue weighted by Gasteiger charge is -2.26. The number of anilines is 1. The van der Waals surface area contributed by atoms with E-state index in [9.17, 15) is 14.0 Å². The molecule has 4 rings (SSSR count). The molecule has 2 aromatic carbocycles. The van der Waals surface area contributed by atoms with Gasteiger partial charge in [0.15, 0.2) is 6.61 Å². The van der Waals surface area contributed by atoms with Crippen molar-refractivity contribution in [3.05, 3.63) is 59.4 Å². The Bertz CT molecular complexity index is 982. The zero-order valence-electron chi connectivity index (χ0n) is 18.6. The first-order chi connectivity index (χ1) is 16.0. The highest BCUT2D eigenvalue weighted by Crippen LogP contribution is 2.43. The monoisotopic (exact) mass is 473 g/mol. The van der Waals surface area contributed by atoms with Crippen LogP contribution in [0.3, 0.4) is 0 Å². The first kappa shape index (κ1) is 23.5. The predicted molar refractivity (Wildman–Crippen MR) is 126 cm³/mol. The number of benzene rings is 2. The number of carbonyl (C=O) groups is 2. The average Bonchev–Trinajstić information content (AvgIpc) is 3.20. The third-order valence-corrected chi connectivity index (χ3v) is 6.89. The molecule has 2 heterocycles. The molecule has 176 valence electrons. The largest absolute Gasteiger partial charge is 0.484 e. The fourth-order valence-corrected chi connectivity index (χ4v) is 5.09. The summed E-state index contributed by atoms with van der Waals surface area (Å²) in [6.07, 6.45) is 0. The zero-order valence-corrected chi connectivity index (χ0v) is 19.4. The molecule has 2 amide bonds. The molecule has 1 unspecified atom stereocenters. The van der Waals surface area contributed by atoms with Crippen molar-refractivity contribution in [1.29, 1.82) is 0 Å². The van der Waals surface area contributed by atoms with E-state index in [1.54, 1.807) is 23.1 Å². The van der Waals surface area contributed by atoms with Crippen LogP contribution >= 0.6 is 11.8 Å². The summed E-state index contributed by atoms with van der Waals surface area (Å²) in [5.74, 6) is 0.461. The van der Waals surface area contributed by atoms with E-state index < -0.39 is 0 Å². The highest BCUT2D eigenvalue weighted by Gasteiger charge is 2.34. The molecule has 2 fully saturated rings. The lowest BCUT2D eigenvalue weighted by molar-refractivity contribution is -0.123. The highest BCUT2D eigenvalue weighted by molar-refractivity contribution is 8.00. The second kappa shape index (κ2) is 11.0. The Morgan fingerprint density at radius 1 is 1.21 bits per heavy atom. The summed E-state index contributed by atoms with van der Waals surface area (Å²) in [5, 5.41) is 2.67. The summed E-state index contributed by atoms with van der Waals surface area (Å²) in [6, 6.07) is 11.7. The number of rotatable bonds is 8. The first-order valence-electron chi connectivity index (χ1n) is 11.0. The van der Waals surface area contributed by atoms with Crippen LogP contribution in [-0.4, -0.2) is 68.5 Å². The Kier molecular flexibility index (Phi) is 7.85. The number of ether oxygens (including phenoxy) is 2. The van der Waals surface area contributed by atoms with Crippen molar-refractivity contribution in [1.82, 2.24) is 10.2 Å². The Labute approximate surface area is 197 Å². The summed E-state index contributed by atoms with van der Waals surface area (Å²) in [5.41, 5.74) is 2.52. The molecule has 1 N–H and O–H groups in total. The molecule has 7 nitrogen and oxygen atoms in total. The van der Waals surface area contributed by atoms with Crippen molar-refractivity contribution in [2.24, 2.45) is 0 Å². The minimum Gasteiger partial charge on any atom is -0.484 e. The van der Waals surface area contributed by atoms with Gasteiger partial charge in [-0.15, -0.1) is 11.8 Å². The Balaban J connectivity index is 1.33. The molecule has 0 spiro atoms. The topological polar surface area (TPSA) is 71.1 Å². The summed E-state index contributed by atoms with van der Waals surface area (Å²) in [4.78, 5) is 28.8. The van der Waals surface area contributed by atoms with E-state index in [1.807, 2.05) is 19.1 Å². The highest BCUT2D eigenvalue weighted by atomic mass is 32.2. The molecule has 1 atom stereocenters. The van der Waals surface area contributed by atoms with E-state index >= 15 is 0 Å². The van der Waals surface area contributed by atoms with Crippen LogP contribution in [0.15, 0.2) is 42.5 Å². The van der Waals surface area contributed by atoms with Crippen molar-refractivity contribution in [3.63, 3.8) is 0 Å². The van der Waals surface area contributed by atoms with E-state index in [0.717, 1.165) is 49.7 Å². The number of hydrogen-bond donors (Lipinski definition) is 1. The molecule has 2 aromatic rings. The van der Waals surface area contributed by atoms with Gasteiger partial charge in [-0.25, -0.2) is 4.39 Å². The number of nitrogens with one attached hydrogen (secondary N) is 1. The third-order valence-electron chi connectivity index (χ3n) is 5.67. The van der Waals surface area contributed by atoms with Gasteiger partial charge in [-0.1, -0.05) is 12.1 Å². The van der Waals surface area contributed by atoms with Gasteiger partial charge in [-0.3, -0.25) is 19.4 Å². The standard InChI is InChI=1S/C24H28FN3O4S/c1-17-14-20(32-15-22(29)26-8-9-27-10-12-31-13-11-27)6-7-21(17)28-23(30)16-33-24(28)18-2-4-19(25)5-3-18/h2-7,14,24H,8-13,15-16H2,1H3,(H,26,29). The molecule has 33 heavy (non-hydrogen) atoms. The average molecular weight is 474 g/mol.